The van der Waals surface area contributed by atoms with Crippen LogP contribution >= 0.6 is 15.9 Å². The van der Waals surface area contributed by atoms with Gasteiger partial charge in [0.05, 0.1) is 12.1 Å². The number of halogens is 1. The molecular weight excluding hydrogens is 292 g/mol. The molecule has 3 N–H and O–H groups in total. The van der Waals surface area contributed by atoms with Crippen LogP contribution in [-0.2, 0) is 4.79 Å². The minimum absolute atomic E-state index is 0.0526. The van der Waals surface area contributed by atoms with Gasteiger partial charge in [0.1, 0.15) is 0 Å². The van der Waals surface area contributed by atoms with E-state index in [-0.39, 0.29) is 17.9 Å². The van der Waals surface area contributed by atoms with E-state index < -0.39 is 6.04 Å². The number of nitrogens with two attached hydrogens (primary N) is 1. The molecule has 3 nitrogen and oxygen atoms in total. The van der Waals surface area contributed by atoms with E-state index in [1.807, 2.05) is 45.0 Å². The van der Waals surface area contributed by atoms with Gasteiger partial charge in [0.25, 0.3) is 0 Å². The fourth-order valence-corrected chi connectivity index (χ4v) is 2.35. The fraction of sp³-hybridized carbons (Fsp3) is 0.500. The first-order valence-electron chi connectivity index (χ1n) is 6.27. The highest BCUT2D eigenvalue weighted by Gasteiger charge is 2.21. The maximum absolute atomic E-state index is 12.0. The lowest BCUT2D eigenvalue weighted by Gasteiger charge is -2.22. The normalized spacial score (nSPS) is 15.8. The molecule has 4 heteroatoms. The molecule has 0 heterocycles. The SMILES string of the molecule is CCC(C)[C@H](N)C(=O)N[C@H](C)c1ccccc1Br. The third-order valence-electron chi connectivity index (χ3n) is 3.29. The fourth-order valence-electron chi connectivity index (χ4n) is 1.73. The van der Waals surface area contributed by atoms with E-state index in [4.69, 9.17) is 5.73 Å². The quantitative estimate of drug-likeness (QED) is 0.878. The maximum Gasteiger partial charge on any atom is 0.237 e. The van der Waals surface area contributed by atoms with Gasteiger partial charge in [-0.2, -0.15) is 0 Å². The molecule has 0 aliphatic rings. The largest absolute Gasteiger partial charge is 0.348 e. The van der Waals surface area contributed by atoms with Crippen LogP contribution in [0.2, 0.25) is 0 Å². The Labute approximate surface area is 117 Å². The monoisotopic (exact) mass is 312 g/mol. The van der Waals surface area contributed by atoms with Crippen molar-refractivity contribution < 1.29 is 4.79 Å². The number of amides is 1. The van der Waals surface area contributed by atoms with Crippen LogP contribution in [0.1, 0.15) is 38.8 Å². The van der Waals surface area contributed by atoms with Crippen LogP contribution in [0.5, 0.6) is 0 Å². The van der Waals surface area contributed by atoms with Crippen molar-refractivity contribution in [3.63, 3.8) is 0 Å². The minimum Gasteiger partial charge on any atom is -0.348 e. The van der Waals surface area contributed by atoms with Crippen LogP contribution in [0.4, 0.5) is 0 Å². The van der Waals surface area contributed by atoms with E-state index in [0.717, 1.165) is 16.5 Å². The number of rotatable bonds is 5. The van der Waals surface area contributed by atoms with Gasteiger partial charge in [-0.3, -0.25) is 4.79 Å². The molecule has 0 spiro atoms. The van der Waals surface area contributed by atoms with Gasteiger partial charge >= 0.3 is 0 Å². The zero-order valence-electron chi connectivity index (χ0n) is 11.1. The Morgan fingerprint density at radius 2 is 2.00 bits per heavy atom. The number of nitrogens with one attached hydrogen (secondary N) is 1. The second-order valence-corrected chi connectivity index (χ2v) is 5.52. The van der Waals surface area contributed by atoms with Gasteiger partial charge in [0.2, 0.25) is 5.91 Å². The lowest BCUT2D eigenvalue weighted by Crippen LogP contribution is -2.45. The van der Waals surface area contributed by atoms with E-state index in [1.165, 1.54) is 0 Å². The highest BCUT2D eigenvalue weighted by Crippen LogP contribution is 2.22. The molecule has 0 bridgehead atoms. The maximum atomic E-state index is 12.0. The Bertz CT molecular complexity index is 409. The van der Waals surface area contributed by atoms with Crippen LogP contribution in [0.3, 0.4) is 0 Å². The second kappa shape index (κ2) is 6.90. The summed E-state index contributed by atoms with van der Waals surface area (Å²) in [6.07, 6.45) is 0.901. The molecule has 0 aromatic heterocycles. The molecule has 1 aromatic rings. The van der Waals surface area contributed by atoms with Crippen molar-refractivity contribution in [1.29, 1.82) is 0 Å². The number of carbonyl (C=O) groups is 1. The molecule has 100 valence electrons. The lowest BCUT2D eigenvalue weighted by molar-refractivity contribution is -0.124. The third-order valence-corrected chi connectivity index (χ3v) is 4.01. The molecular formula is C14H21BrN2O. The molecule has 18 heavy (non-hydrogen) atoms. The minimum atomic E-state index is -0.445. The Kier molecular flexibility index (Phi) is 5.82. The summed E-state index contributed by atoms with van der Waals surface area (Å²) in [5, 5.41) is 2.96. The van der Waals surface area contributed by atoms with E-state index in [9.17, 15) is 4.79 Å². The zero-order valence-corrected chi connectivity index (χ0v) is 12.7. The van der Waals surface area contributed by atoms with Crippen molar-refractivity contribution in [3.05, 3.63) is 34.3 Å². The first-order chi connectivity index (χ1) is 8.47. The van der Waals surface area contributed by atoms with E-state index in [2.05, 4.69) is 21.2 Å². The van der Waals surface area contributed by atoms with Crippen LogP contribution in [-0.4, -0.2) is 11.9 Å². The molecule has 0 radical (unpaired) electrons. The molecule has 0 fully saturated rings. The summed E-state index contributed by atoms with van der Waals surface area (Å²) in [7, 11) is 0. The summed E-state index contributed by atoms with van der Waals surface area (Å²) in [6.45, 7) is 5.99. The molecule has 1 unspecified atom stereocenters. The number of hydrogen-bond donors (Lipinski definition) is 2. The average molecular weight is 313 g/mol. The highest BCUT2D eigenvalue weighted by atomic mass is 79.9. The van der Waals surface area contributed by atoms with E-state index in [1.54, 1.807) is 0 Å². The summed E-state index contributed by atoms with van der Waals surface area (Å²) in [5.41, 5.74) is 6.97. The van der Waals surface area contributed by atoms with Crippen LogP contribution in [0.15, 0.2) is 28.7 Å². The lowest BCUT2D eigenvalue weighted by atomic mass is 9.98. The third kappa shape index (κ3) is 3.82. The Hall–Kier alpha value is -0.870. The zero-order chi connectivity index (χ0) is 13.7. The van der Waals surface area contributed by atoms with Crippen molar-refractivity contribution in [3.8, 4) is 0 Å². The van der Waals surface area contributed by atoms with Crippen molar-refractivity contribution >= 4 is 21.8 Å². The van der Waals surface area contributed by atoms with Crippen molar-refractivity contribution in [2.75, 3.05) is 0 Å². The van der Waals surface area contributed by atoms with Crippen LogP contribution in [0, 0.1) is 5.92 Å². The molecule has 0 saturated heterocycles. The highest BCUT2D eigenvalue weighted by molar-refractivity contribution is 9.10. The molecule has 1 aromatic carbocycles. The standard InChI is InChI=1S/C14H21BrN2O/c1-4-9(2)13(16)14(18)17-10(3)11-7-5-6-8-12(11)15/h5-10,13H,4,16H2,1-3H3,(H,17,18)/t9?,10-,13+/m1/s1. The van der Waals surface area contributed by atoms with Gasteiger partial charge in [-0.05, 0) is 24.5 Å². The van der Waals surface area contributed by atoms with Gasteiger partial charge in [-0.15, -0.1) is 0 Å². The van der Waals surface area contributed by atoms with Crippen molar-refractivity contribution in [2.24, 2.45) is 11.7 Å². The Balaban J connectivity index is 2.68. The van der Waals surface area contributed by atoms with Gasteiger partial charge in [0, 0.05) is 4.47 Å². The summed E-state index contributed by atoms with van der Waals surface area (Å²) in [4.78, 5) is 12.0. The van der Waals surface area contributed by atoms with E-state index in [0.29, 0.717) is 0 Å². The van der Waals surface area contributed by atoms with Gasteiger partial charge < -0.3 is 11.1 Å². The smallest absolute Gasteiger partial charge is 0.237 e. The topological polar surface area (TPSA) is 55.1 Å². The second-order valence-electron chi connectivity index (χ2n) is 4.66. The molecule has 0 saturated carbocycles. The summed E-state index contributed by atoms with van der Waals surface area (Å²) in [6, 6.07) is 7.36. The predicted octanol–water partition coefficient (Wildman–Crippen LogP) is 3.00. The number of hydrogen-bond acceptors (Lipinski definition) is 2. The summed E-state index contributed by atoms with van der Waals surface area (Å²) >= 11 is 3.48. The first kappa shape index (κ1) is 15.2. The molecule has 0 aliphatic heterocycles. The number of carbonyl (C=O) groups excluding carboxylic acids is 1. The molecule has 1 rings (SSSR count). The van der Waals surface area contributed by atoms with Crippen LogP contribution in [0.25, 0.3) is 0 Å². The summed E-state index contributed by atoms with van der Waals surface area (Å²) < 4.78 is 0.995. The Morgan fingerprint density at radius 3 is 2.56 bits per heavy atom. The predicted molar refractivity (Wildman–Crippen MR) is 78.1 cm³/mol. The summed E-state index contributed by atoms with van der Waals surface area (Å²) in [5.74, 6) is 0.101. The van der Waals surface area contributed by atoms with Crippen molar-refractivity contribution in [1.82, 2.24) is 5.32 Å². The van der Waals surface area contributed by atoms with Crippen LogP contribution < -0.4 is 11.1 Å². The van der Waals surface area contributed by atoms with Gasteiger partial charge in [0.15, 0.2) is 0 Å². The Morgan fingerprint density at radius 1 is 1.39 bits per heavy atom. The van der Waals surface area contributed by atoms with Gasteiger partial charge in [-0.1, -0.05) is 54.4 Å². The van der Waals surface area contributed by atoms with E-state index >= 15 is 0 Å². The average Bonchev–Trinajstić information content (AvgIpc) is 2.37. The molecule has 1 amide bonds. The molecule has 3 atom stereocenters. The molecule has 0 aliphatic carbocycles. The van der Waals surface area contributed by atoms with Crippen molar-refractivity contribution in [2.45, 2.75) is 39.3 Å². The first-order valence-corrected chi connectivity index (χ1v) is 7.07. The van der Waals surface area contributed by atoms with Gasteiger partial charge in [-0.25, -0.2) is 0 Å². The number of benzene rings is 1.